The molecule has 0 aromatic heterocycles. The highest BCUT2D eigenvalue weighted by Gasteiger charge is 2.27. The Morgan fingerprint density at radius 1 is 1.44 bits per heavy atom. The van der Waals surface area contributed by atoms with E-state index in [1.54, 1.807) is 0 Å². The van der Waals surface area contributed by atoms with Gasteiger partial charge in [-0.2, -0.15) is 0 Å². The number of primary amides is 1. The fourth-order valence-corrected chi connectivity index (χ4v) is 1.98. The van der Waals surface area contributed by atoms with Crippen molar-refractivity contribution in [1.82, 2.24) is 10.2 Å². The summed E-state index contributed by atoms with van der Waals surface area (Å²) in [4.78, 5) is 13.6. The van der Waals surface area contributed by atoms with E-state index in [1.165, 1.54) is 12.8 Å². The summed E-state index contributed by atoms with van der Waals surface area (Å²) in [5.74, 6) is -0.222. The van der Waals surface area contributed by atoms with Crippen molar-refractivity contribution in [2.45, 2.75) is 31.3 Å². The van der Waals surface area contributed by atoms with E-state index in [0.717, 1.165) is 39.3 Å². The van der Waals surface area contributed by atoms with E-state index in [9.17, 15) is 4.79 Å². The van der Waals surface area contributed by atoms with Gasteiger partial charge in [0.15, 0.2) is 0 Å². The summed E-state index contributed by atoms with van der Waals surface area (Å²) < 4.78 is 5.28. The molecule has 0 aromatic carbocycles. The number of hydrogen-bond donors (Lipinski definition) is 2. The summed E-state index contributed by atoms with van der Waals surface area (Å²) in [5.41, 5.74) is 5.38. The molecule has 16 heavy (non-hydrogen) atoms. The second-order valence-electron chi connectivity index (χ2n) is 4.64. The summed E-state index contributed by atoms with van der Waals surface area (Å²) in [7, 11) is 0. The predicted molar refractivity (Wildman–Crippen MR) is 61.0 cm³/mol. The van der Waals surface area contributed by atoms with Gasteiger partial charge in [0.1, 0.15) is 0 Å². The van der Waals surface area contributed by atoms with Gasteiger partial charge in [-0.1, -0.05) is 0 Å². The molecule has 3 N–H and O–H groups in total. The molecular formula is C11H21N3O2. The maximum atomic E-state index is 11.3. The number of carbonyl (C=O) groups excluding carboxylic acids is 1. The first-order valence-corrected chi connectivity index (χ1v) is 6.11. The SMILES string of the molecule is NC(=O)C(CCN1CCOCC1)NC1CC1. The van der Waals surface area contributed by atoms with Crippen LogP contribution >= 0.6 is 0 Å². The number of carbonyl (C=O) groups is 1. The second kappa shape index (κ2) is 5.61. The van der Waals surface area contributed by atoms with Crippen molar-refractivity contribution < 1.29 is 9.53 Å². The van der Waals surface area contributed by atoms with Gasteiger partial charge in [-0.05, 0) is 19.3 Å². The van der Waals surface area contributed by atoms with Crippen LogP contribution in [0.15, 0.2) is 0 Å². The van der Waals surface area contributed by atoms with E-state index in [0.29, 0.717) is 6.04 Å². The maximum absolute atomic E-state index is 11.3. The molecule has 1 atom stereocenters. The monoisotopic (exact) mass is 227 g/mol. The molecule has 0 radical (unpaired) electrons. The van der Waals surface area contributed by atoms with Crippen LogP contribution in [0.3, 0.4) is 0 Å². The van der Waals surface area contributed by atoms with E-state index in [1.807, 2.05) is 0 Å². The first kappa shape index (κ1) is 11.8. The number of amides is 1. The molecule has 92 valence electrons. The largest absolute Gasteiger partial charge is 0.379 e. The summed E-state index contributed by atoms with van der Waals surface area (Å²) in [5, 5.41) is 3.30. The molecule has 1 aliphatic carbocycles. The van der Waals surface area contributed by atoms with Crippen LogP contribution in [0.4, 0.5) is 0 Å². The van der Waals surface area contributed by atoms with Crippen LogP contribution in [0.5, 0.6) is 0 Å². The zero-order valence-corrected chi connectivity index (χ0v) is 9.65. The van der Waals surface area contributed by atoms with Gasteiger partial charge >= 0.3 is 0 Å². The average Bonchev–Trinajstić information content (AvgIpc) is 3.09. The number of ether oxygens (including phenoxy) is 1. The van der Waals surface area contributed by atoms with Gasteiger partial charge in [0.05, 0.1) is 19.3 Å². The van der Waals surface area contributed by atoms with Crippen LogP contribution in [0.1, 0.15) is 19.3 Å². The highest BCUT2D eigenvalue weighted by Crippen LogP contribution is 2.20. The van der Waals surface area contributed by atoms with E-state index >= 15 is 0 Å². The lowest BCUT2D eigenvalue weighted by atomic mass is 10.2. The summed E-state index contributed by atoms with van der Waals surface area (Å²) in [6, 6.07) is 0.373. The van der Waals surface area contributed by atoms with E-state index in [4.69, 9.17) is 10.5 Å². The van der Waals surface area contributed by atoms with Crippen LogP contribution in [-0.4, -0.2) is 55.7 Å². The third-order valence-corrected chi connectivity index (χ3v) is 3.20. The van der Waals surface area contributed by atoms with Gasteiger partial charge in [0.2, 0.25) is 5.91 Å². The lowest BCUT2D eigenvalue weighted by Crippen LogP contribution is -2.46. The van der Waals surface area contributed by atoms with Gasteiger partial charge in [-0.3, -0.25) is 9.69 Å². The second-order valence-corrected chi connectivity index (χ2v) is 4.64. The Hall–Kier alpha value is -0.650. The Bertz CT molecular complexity index is 237. The summed E-state index contributed by atoms with van der Waals surface area (Å²) in [6.07, 6.45) is 3.18. The normalized spacial score (nSPS) is 24.2. The standard InChI is InChI=1S/C11H21N3O2/c12-11(15)10(13-9-1-2-9)3-4-14-5-7-16-8-6-14/h9-10,13H,1-8H2,(H2,12,15). The zero-order chi connectivity index (χ0) is 11.4. The number of nitrogens with zero attached hydrogens (tertiary/aromatic N) is 1. The van der Waals surface area contributed by atoms with E-state index < -0.39 is 0 Å². The first-order valence-electron chi connectivity index (χ1n) is 6.11. The van der Waals surface area contributed by atoms with Crippen LogP contribution in [0.25, 0.3) is 0 Å². The Labute approximate surface area is 96.3 Å². The minimum atomic E-state index is -0.222. The number of morpholine rings is 1. The number of nitrogens with one attached hydrogen (secondary N) is 1. The predicted octanol–water partition coefficient (Wildman–Crippen LogP) is -0.685. The van der Waals surface area contributed by atoms with Crippen molar-refractivity contribution >= 4 is 5.91 Å². The quantitative estimate of drug-likeness (QED) is 0.630. The fourth-order valence-electron chi connectivity index (χ4n) is 1.98. The molecule has 1 unspecified atom stereocenters. The van der Waals surface area contributed by atoms with Crippen LogP contribution in [0.2, 0.25) is 0 Å². The Kier molecular flexibility index (Phi) is 4.15. The number of hydrogen-bond acceptors (Lipinski definition) is 4. The van der Waals surface area contributed by atoms with Gasteiger partial charge in [0, 0.05) is 25.7 Å². The molecule has 1 saturated heterocycles. The minimum absolute atomic E-state index is 0.157. The molecule has 5 nitrogen and oxygen atoms in total. The topological polar surface area (TPSA) is 67.6 Å². The van der Waals surface area contributed by atoms with E-state index in [2.05, 4.69) is 10.2 Å². The van der Waals surface area contributed by atoms with E-state index in [-0.39, 0.29) is 11.9 Å². The molecule has 1 aliphatic heterocycles. The maximum Gasteiger partial charge on any atom is 0.234 e. The lowest BCUT2D eigenvalue weighted by Gasteiger charge is -2.27. The number of nitrogens with two attached hydrogens (primary N) is 1. The minimum Gasteiger partial charge on any atom is -0.379 e. The molecule has 0 spiro atoms. The van der Waals surface area contributed by atoms with Crippen molar-refractivity contribution in [3.8, 4) is 0 Å². The van der Waals surface area contributed by atoms with Crippen molar-refractivity contribution in [1.29, 1.82) is 0 Å². The van der Waals surface area contributed by atoms with Crippen LogP contribution in [-0.2, 0) is 9.53 Å². The van der Waals surface area contributed by atoms with Gasteiger partial charge in [-0.25, -0.2) is 0 Å². The fraction of sp³-hybridized carbons (Fsp3) is 0.909. The molecular weight excluding hydrogens is 206 g/mol. The molecule has 5 heteroatoms. The summed E-state index contributed by atoms with van der Waals surface area (Å²) >= 11 is 0. The molecule has 1 saturated carbocycles. The zero-order valence-electron chi connectivity index (χ0n) is 9.65. The first-order chi connectivity index (χ1) is 7.75. The Morgan fingerprint density at radius 3 is 2.69 bits per heavy atom. The highest BCUT2D eigenvalue weighted by molar-refractivity contribution is 5.79. The van der Waals surface area contributed by atoms with Gasteiger partial charge in [-0.15, -0.1) is 0 Å². The summed E-state index contributed by atoms with van der Waals surface area (Å²) in [6.45, 7) is 4.47. The van der Waals surface area contributed by atoms with Gasteiger partial charge in [0.25, 0.3) is 0 Å². The van der Waals surface area contributed by atoms with Crippen LogP contribution < -0.4 is 11.1 Å². The third-order valence-electron chi connectivity index (χ3n) is 3.20. The molecule has 0 aromatic rings. The highest BCUT2D eigenvalue weighted by atomic mass is 16.5. The molecule has 1 heterocycles. The number of rotatable bonds is 6. The molecule has 2 fully saturated rings. The van der Waals surface area contributed by atoms with Crippen molar-refractivity contribution in [3.05, 3.63) is 0 Å². The smallest absolute Gasteiger partial charge is 0.234 e. The van der Waals surface area contributed by atoms with Crippen molar-refractivity contribution in [2.24, 2.45) is 5.73 Å². The van der Waals surface area contributed by atoms with Crippen LogP contribution in [0, 0.1) is 0 Å². The average molecular weight is 227 g/mol. The third kappa shape index (κ3) is 3.73. The molecule has 1 amide bonds. The Morgan fingerprint density at radius 2 is 2.12 bits per heavy atom. The molecule has 0 bridgehead atoms. The lowest BCUT2D eigenvalue weighted by molar-refractivity contribution is -0.120. The Balaban J connectivity index is 1.69. The molecule has 2 rings (SSSR count). The van der Waals surface area contributed by atoms with Crippen molar-refractivity contribution in [3.63, 3.8) is 0 Å². The van der Waals surface area contributed by atoms with Crippen molar-refractivity contribution in [2.75, 3.05) is 32.8 Å². The molecule has 2 aliphatic rings. The van der Waals surface area contributed by atoms with Gasteiger partial charge < -0.3 is 15.8 Å².